The van der Waals surface area contributed by atoms with Gasteiger partial charge in [0.05, 0.1) is 10.6 Å². The Bertz CT molecular complexity index is 714. The topological polar surface area (TPSA) is 116 Å². The highest BCUT2D eigenvalue weighted by molar-refractivity contribution is 5.92. The quantitative estimate of drug-likeness (QED) is 0.635. The van der Waals surface area contributed by atoms with Gasteiger partial charge in [0.15, 0.2) is 5.69 Å². The van der Waals surface area contributed by atoms with Crippen LogP contribution in [0.2, 0.25) is 0 Å². The fraction of sp³-hybridized carbons (Fsp3) is 0.286. The zero-order valence-corrected chi connectivity index (χ0v) is 13.5. The molecule has 0 aliphatic heterocycles. The third kappa shape index (κ3) is 4.51. The molecule has 0 atom stereocenters. The molecule has 3 N–H and O–H groups in total. The predicted molar refractivity (Wildman–Crippen MR) is 88.1 cm³/mol. The van der Waals surface area contributed by atoms with E-state index in [9.17, 15) is 14.9 Å². The molecule has 0 unspecified atom stereocenters. The molecule has 1 aromatic heterocycles. The molecule has 0 radical (unpaired) electrons. The van der Waals surface area contributed by atoms with Gasteiger partial charge in [0.1, 0.15) is 0 Å². The van der Waals surface area contributed by atoms with Crippen LogP contribution in [0, 0.1) is 10.1 Å². The van der Waals surface area contributed by atoms with Crippen molar-refractivity contribution in [2.45, 2.75) is 19.4 Å². The lowest BCUT2D eigenvalue weighted by Gasteiger charge is -2.23. The Labute approximate surface area is 139 Å². The van der Waals surface area contributed by atoms with Gasteiger partial charge in [-0.2, -0.15) is 5.10 Å². The van der Waals surface area contributed by atoms with E-state index >= 15 is 0 Å². The summed E-state index contributed by atoms with van der Waals surface area (Å²) in [5.41, 5.74) is 5.72. The molecule has 0 aliphatic rings. The van der Waals surface area contributed by atoms with Crippen LogP contribution in [-0.4, -0.2) is 32.7 Å². The first-order valence-corrected chi connectivity index (χ1v) is 6.65. The minimum atomic E-state index is -0.535. The third-order valence-corrected chi connectivity index (χ3v) is 3.09. The summed E-state index contributed by atoms with van der Waals surface area (Å²) in [7, 11) is 0. The lowest BCUT2D eigenvalue weighted by Crippen LogP contribution is -2.48. The molecule has 9 heteroatoms. The molecule has 8 nitrogen and oxygen atoms in total. The molecule has 0 fully saturated rings. The van der Waals surface area contributed by atoms with Crippen molar-refractivity contribution in [3.05, 3.63) is 52.3 Å². The number of hydrogen-bond acceptors (Lipinski definition) is 5. The number of carbonyl (C=O) groups is 1. The summed E-state index contributed by atoms with van der Waals surface area (Å²) in [4.78, 5) is 22.4. The highest BCUT2D eigenvalue weighted by Gasteiger charge is 2.21. The van der Waals surface area contributed by atoms with E-state index in [0.29, 0.717) is 12.2 Å². The number of halogens is 1. The lowest BCUT2D eigenvalue weighted by molar-refractivity contribution is -0.384. The van der Waals surface area contributed by atoms with E-state index in [1.165, 1.54) is 16.8 Å². The predicted octanol–water partition coefficient (Wildman–Crippen LogP) is 1.67. The number of nitro benzene ring substituents is 1. The number of non-ortho nitro benzene ring substituents is 1. The average molecular weight is 340 g/mol. The first kappa shape index (κ1) is 18.6. The van der Waals surface area contributed by atoms with Crippen LogP contribution in [0.3, 0.4) is 0 Å². The molecule has 1 amide bonds. The first-order valence-electron chi connectivity index (χ1n) is 6.65. The third-order valence-electron chi connectivity index (χ3n) is 3.09. The smallest absolute Gasteiger partial charge is 0.272 e. The zero-order valence-electron chi connectivity index (χ0n) is 12.7. The number of benzene rings is 1. The number of nitro groups is 1. The normalized spacial score (nSPS) is 10.7. The maximum atomic E-state index is 12.1. The van der Waals surface area contributed by atoms with E-state index in [-0.39, 0.29) is 29.7 Å². The standard InChI is InChI=1S/C14H17N5O3.ClH/c1-14(2,9-15)16-13(20)12-6-7-18(17-12)10-4-3-5-11(8-10)19(21)22;/h3-8H,9,15H2,1-2H3,(H,16,20);1H. The number of nitrogens with two attached hydrogens (primary N) is 1. The molecule has 2 rings (SSSR count). The molecular formula is C14H18ClN5O3. The van der Waals surface area contributed by atoms with Crippen molar-refractivity contribution in [3.8, 4) is 5.69 Å². The summed E-state index contributed by atoms with van der Waals surface area (Å²) in [6.07, 6.45) is 1.57. The van der Waals surface area contributed by atoms with Crippen LogP contribution in [0.5, 0.6) is 0 Å². The molecule has 1 heterocycles. The molecule has 23 heavy (non-hydrogen) atoms. The summed E-state index contributed by atoms with van der Waals surface area (Å²) in [5.74, 6) is -0.348. The molecule has 0 saturated carbocycles. The number of amides is 1. The second-order valence-corrected chi connectivity index (χ2v) is 5.46. The SMILES string of the molecule is CC(C)(CN)NC(=O)c1ccn(-c2cccc([N+](=O)[O-])c2)n1.Cl. The molecule has 0 bridgehead atoms. The monoisotopic (exact) mass is 339 g/mol. The van der Waals surface area contributed by atoms with Gasteiger partial charge in [0.2, 0.25) is 0 Å². The maximum absolute atomic E-state index is 12.1. The fourth-order valence-corrected chi connectivity index (χ4v) is 1.76. The van der Waals surface area contributed by atoms with Crippen molar-refractivity contribution in [1.82, 2.24) is 15.1 Å². The highest BCUT2D eigenvalue weighted by atomic mass is 35.5. The minimum Gasteiger partial charge on any atom is -0.344 e. The Hall–Kier alpha value is -2.45. The Morgan fingerprint density at radius 2 is 2.13 bits per heavy atom. The fourth-order valence-electron chi connectivity index (χ4n) is 1.76. The largest absolute Gasteiger partial charge is 0.344 e. The van der Waals surface area contributed by atoms with E-state index in [0.717, 1.165) is 0 Å². The van der Waals surface area contributed by atoms with Crippen molar-refractivity contribution in [2.75, 3.05) is 6.54 Å². The summed E-state index contributed by atoms with van der Waals surface area (Å²) in [6.45, 7) is 3.91. The second-order valence-electron chi connectivity index (χ2n) is 5.46. The van der Waals surface area contributed by atoms with Crippen LogP contribution in [0.25, 0.3) is 5.69 Å². The number of rotatable bonds is 5. The van der Waals surface area contributed by atoms with Gasteiger partial charge in [-0.05, 0) is 26.0 Å². The first-order chi connectivity index (χ1) is 10.3. The Kier molecular flexibility index (Phi) is 5.83. The number of nitrogens with zero attached hydrogens (tertiary/aromatic N) is 3. The molecule has 2 aromatic rings. The van der Waals surface area contributed by atoms with Crippen LogP contribution in [0.15, 0.2) is 36.5 Å². The van der Waals surface area contributed by atoms with Gasteiger partial charge in [-0.3, -0.25) is 14.9 Å². The summed E-state index contributed by atoms with van der Waals surface area (Å²) in [5, 5.41) is 17.7. The van der Waals surface area contributed by atoms with Crippen molar-refractivity contribution < 1.29 is 9.72 Å². The Balaban J connectivity index is 0.00000264. The molecular weight excluding hydrogens is 322 g/mol. The second kappa shape index (κ2) is 7.21. The van der Waals surface area contributed by atoms with E-state index < -0.39 is 10.5 Å². The summed E-state index contributed by atoms with van der Waals surface area (Å²) in [6, 6.07) is 7.56. The molecule has 124 valence electrons. The van der Waals surface area contributed by atoms with Crippen molar-refractivity contribution in [2.24, 2.45) is 5.73 Å². The van der Waals surface area contributed by atoms with Gasteiger partial charge in [-0.15, -0.1) is 12.4 Å². The maximum Gasteiger partial charge on any atom is 0.272 e. The van der Waals surface area contributed by atoms with Crippen LogP contribution in [0.4, 0.5) is 5.69 Å². The highest BCUT2D eigenvalue weighted by Crippen LogP contribution is 2.16. The number of hydrogen-bond donors (Lipinski definition) is 2. The lowest BCUT2D eigenvalue weighted by atomic mass is 10.1. The van der Waals surface area contributed by atoms with E-state index in [1.54, 1.807) is 24.4 Å². The van der Waals surface area contributed by atoms with Gasteiger partial charge in [-0.25, -0.2) is 4.68 Å². The molecule has 0 aliphatic carbocycles. The number of carbonyl (C=O) groups excluding carboxylic acids is 1. The number of aromatic nitrogens is 2. The average Bonchev–Trinajstić information content (AvgIpc) is 2.97. The Morgan fingerprint density at radius 1 is 1.43 bits per heavy atom. The molecule has 1 aromatic carbocycles. The summed E-state index contributed by atoms with van der Waals surface area (Å²) < 4.78 is 1.41. The van der Waals surface area contributed by atoms with Crippen LogP contribution in [-0.2, 0) is 0 Å². The molecule has 0 spiro atoms. The van der Waals surface area contributed by atoms with Gasteiger partial charge in [-0.1, -0.05) is 6.07 Å². The van der Waals surface area contributed by atoms with Crippen LogP contribution >= 0.6 is 12.4 Å². The van der Waals surface area contributed by atoms with E-state index in [1.807, 2.05) is 13.8 Å². The van der Waals surface area contributed by atoms with Gasteiger partial charge in [0.25, 0.3) is 11.6 Å². The van der Waals surface area contributed by atoms with Gasteiger partial charge < -0.3 is 11.1 Å². The Morgan fingerprint density at radius 3 is 2.74 bits per heavy atom. The van der Waals surface area contributed by atoms with Crippen molar-refractivity contribution >= 4 is 24.0 Å². The molecule has 0 saturated heterocycles. The summed E-state index contributed by atoms with van der Waals surface area (Å²) >= 11 is 0. The van der Waals surface area contributed by atoms with Crippen LogP contribution < -0.4 is 11.1 Å². The van der Waals surface area contributed by atoms with Gasteiger partial charge >= 0.3 is 0 Å². The minimum absolute atomic E-state index is 0. The van der Waals surface area contributed by atoms with Crippen LogP contribution in [0.1, 0.15) is 24.3 Å². The van der Waals surface area contributed by atoms with Crippen molar-refractivity contribution in [1.29, 1.82) is 0 Å². The van der Waals surface area contributed by atoms with E-state index in [2.05, 4.69) is 10.4 Å². The van der Waals surface area contributed by atoms with Gasteiger partial charge in [0, 0.05) is 30.4 Å². The van der Waals surface area contributed by atoms with E-state index in [4.69, 9.17) is 5.73 Å². The number of nitrogens with one attached hydrogen (secondary N) is 1. The zero-order chi connectivity index (χ0) is 16.3. The van der Waals surface area contributed by atoms with Crippen molar-refractivity contribution in [3.63, 3.8) is 0 Å².